The van der Waals surface area contributed by atoms with Gasteiger partial charge in [0, 0.05) is 68.1 Å². The van der Waals surface area contributed by atoms with Gasteiger partial charge in [0.15, 0.2) is 5.60 Å². The van der Waals surface area contributed by atoms with E-state index in [0.717, 1.165) is 11.1 Å². The Hall–Kier alpha value is -1.40. The summed E-state index contributed by atoms with van der Waals surface area (Å²) in [6.07, 6.45) is 0.0317. The van der Waals surface area contributed by atoms with E-state index in [1.165, 1.54) is 9.34 Å². The lowest BCUT2D eigenvalue weighted by Gasteiger charge is -2.49. The van der Waals surface area contributed by atoms with Gasteiger partial charge in [-0.25, -0.2) is 20.3 Å². The predicted octanol–water partition coefficient (Wildman–Crippen LogP) is 7.60. The maximum atomic E-state index is 13.6. The number of hydrogen-bond acceptors (Lipinski definition) is 7. The minimum absolute atomic E-state index is 0.0158. The summed E-state index contributed by atoms with van der Waals surface area (Å²) in [7, 11) is -6.07. The van der Waals surface area contributed by atoms with Crippen molar-refractivity contribution in [2.75, 3.05) is 70.0 Å². The van der Waals surface area contributed by atoms with Gasteiger partial charge in [-0.05, 0) is 29.3 Å². The molecule has 3 aromatic carbocycles. The zero-order valence-corrected chi connectivity index (χ0v) is 32.6. The highest BCUT2D eigenvalue weighted by atomic mass is 35.5. The summed E-state index contributed by atoms with van der Waals surface area (Å²) in [5.41, 5.74) is 13.5. The fourth-order valence-corrected chi connectivity index (χ4v) is 9.66. The Bertz CT molecular complexity index is 1510. The molecular weight excluding hydrogens is 768 g/mol. The molecule has 0 radical (unpaired) electrons. The summed E-state index contributed by atoms with van der Waals surface area (Å²) < 4.78 is 61.5. The lowest BCUT2D eigenvalue weighted by Crippen LogP contribution is -2.53. The number of nitrogens with two attached hydrogens (primary N) is 2. The van der Waals surface area contributed by atoms with E-state index in [1.54, 1.807) is 19.2 Å². The average molecular weight is 812 g/mol. The highest BCUT2D eigenvalue weighted by Crippen LogP contribution is 2.54. The number of benzene rings is 3. The second-order valence-corrected chi connectivity index (χ2v) is 16.8. The number of ether oxygens (including phenoxy) is 3. The van der Waals surface area contributed by atoms with Crippen molar-refractivity contribution in [1.29, 1.82) is 0 Å². The Kier molecular flexibility index (Phi) is 15.8. The summed E-state index contributed by atoms with van der Waals surface area (Å²) in [5.74, 6) is 0.265. The van der Waals surface area contributed by atoms with Crippen molar-refractivity contribution in [3.05, 3.63) is 95.6 Å². The number of halogens is 4. The second kappa shape index (κ2) is 19.1. The fourth-order valence-electron chi connectivity index (χ4n) is 5.82. The predicted molar refractivity (Wildman–Crippen MR) is 201 cm³/mol. The van der Waals surface area contributed by atoms with Crippen LogP contribution in [-0.2, 0) is 28.5 Å². The molecule has 17 heteroatoms. The van der Waals surface area contributed by atoms with E-state index in [0.29, 0.717) is 17.1 Å². The fraction of sp³-hybridized carbons (Fsp3) is 0.455. The van der Waals surface area contributed by atoms with Crippen LogP contribution in [0.1, 0.15) is 29.5 Å². The topological polar surface area (TPSA) is 139 Å². The van der Waals surface area contributed by atoms with Gasteiger partial charge < -0.3 is 23.3 Å². The number of methoxy groups -OCH3 is 1. The lowest BCUT2D eigenvalue weighted by molar-refractivity contribution is -0.259. The van der Waals surface area contributed by atoms with Crippen LogP contribution in [0.2, 0.25) is 0 Å². The highest BCUT2D eigenvalue weighted by Gasteiger charge is 2.53. The lowest BCUT2D eigenvalue weighted by atomic mass is 9.78. The van der Waals surface area contributed by atoms with Crippen LogP contribution in [-0.4, -0.2) is 85.2 Å². The molecule has 1 aliphatic heterocycles. The first kappa shape index (κ1) is 41.4. The molecule has 11 nitrogen and oxygen atoms in total. The maximum absolute atomic E-state index is 13.6. The quantitative estimate of drug-likeness (QED) is 0.0813. The monoisotopic (exact) mass is 810 g/mol. The van der Waals surface area contributed by atoms with Gasteiger partial charge in [-0.3, -0.25) is 9.13 Å². The third-order valence-corrected chi connectivity index (χ3v) is 12.4. The molecule has 0 fully saturated rings. The van der Waals surface area contributed by atoms with Crippen LogP contribution in [0.25, 0.3) is 0 Å². The number of fused-ring (bicyclic) bond motifs is 1. The van der Waals surface area contributed by atoms with Gasteiger partial charge >= 0.3 is 15.3 Å². The molecule has 0 aliphatic carbocycles. The van der Waals surface area contributed by atoms with Crippen molar-refractivity contribution in [2.45, 2.75) is 24.2 Å². The van der Waals surface area contributed by atoms with Gasteiger partial charge in [-0.15, -0.1) is 46.4 Å². The molecule has 2 unspecified atom stereocenters. The van der Waals surface area contributed by atoms with E-state index in [2.05, 4.69) is 0 Å². The van der Waals surface area contributed by atoms with E-state index in [4.69, 9.17) is 80.7 Å². The van der Waals surface area contributed by atoms with Crippen LogP contribution >= 0.6 is 61.7 Å². The van der Waals surface area contributed by atoms with Gasteiger partial charge in [0.05, 0.1) is 20.3 Å². The van der Waals surface area contributed by atoms with Crippen LogP contribution in [0.15, 0.2) is 78.9 Å². The Balaban J connectivity index is 1.82. The summed E-state index contributed by atoms with van der Waals surface area (Å²) in [5, 5.41) is 0. The summed E-state index contributed by atoms with van der Waals surface area (Å²) in [4.78, 5) is 0. The number of hydrogen-bond donors (Lipinski definition) is 2. The van der Waals surface area contributed by atoms with Crippen LogP contribution in [0.5, 0.6) is 11.5 Å². The SMILES string of the molecule is COc1ccc2c(c1)C(c1ccccc1)(c1ccccc1)OC(CCOP(N)(=O)N(CCCl)CCCl)(CCOP(N)(=O)N(CCCl)CCCl)O2. The molecule has 0 saturated carbocycles. The number of nitrogens with zero attached hydrogens (tertiary/aromatic N) is 2. The van der Waals surface area contributed by atoms with Crippen molar-refractivity contribution < 1.29 is 32.4 Å². The highest BCUT2D eigenvalue weighted by molar-refractivity contribution is 7.54. The van der Waals surface area contributed by atoms with Crippen LogP contribution in [0.3, 0.4) is 0 Å². The molecule has 3 aromatic rings. The second-order valence-electron chi connectivity index (χ2n) is 11.3. The molecule has 0 amide bonds. The third kappa shape index (κ3) is 9.97. The van der Waals surface area contributed by atoms with Crippen molar-refractivity contribution in [2.24, 2.45) is 11.0 Å². The summed E-state index contributed by atoms with van der Waals surface area (Å²) >= 11 is 23.8. The molecule has 2 atom stereocenters. The van der Waals surface area contributed by atoms with Gasteiger partial charge in [-0.1, -0.05) is 60.7 Å². The first-order chi connectivity index (χ1) is 24.0. The smallest absolute Gasteiger partial charge is 0.340 e. The van der Waals surface area contributed by atoms with Gasteiger partial charge in [0.25, 0.3) is 0 Å². The first-order valence-corrected chi connectivity index (χ1v) is 21.4. The van der Waals surface area contributed by atoms with Crippen LogP contribution < -0.4 is 20.5 Å². The molecule has 0 saturated heterocycles. The van der Waals surface area contributed by atoms with Crippen molar-refractivity contribution in [3.8, 4) is 11.5 Å². The van der Waals surface area contributed by atoms with Crippen molar-refractivity contribution in [1.82, 2.24) is 9.34 Å². The zero-order chi connectivity index (χ0) is 36.3. The Morgan fingerprint density at radius 2 is 1.14 bits per heavy atom. The third-order valence-electron chi connectivity index (χ3n) is 8.24. The summed E-state index contributed by atoms with van der Waals surface area (Å²) in [6, 6.07) is 24.9. The largest absolute Gasteiger partial charge is 0.497 e. The normalized spacial score (nSPS) is 19.4. The molecular formula is C33H44Cl4N4O7P2. The molecule has 0 spiro atoms. The van der Waals surface area contributed by atoms with E-state index in [1.807, 2.05) is 66.7 Å². The van der Waals surface area contributed by atoms with Gasteiger partial charge in [0.1, 0.15) is 11.5 Å². The van der Waals surface area contributed by atoms with E-state index < -0.39 is 26.7 Å². The molecule has 4 rings (SSSR count). The maximum Gasteiger partial charge on any atom is 0.340 e. The first-order valence-electron chi connectivity index (χ1n) is 16.0. The zero-order valence-electron chi connectivity index (χ0n) is 27.8. The average Bonchev–Trinajstić information content (AvgIpc) is 3.11. The van der Waals surface area contributed by atoms with E-state index in [-0.39, 0.29) is 75.8 Å². The van der Waals surface area contributed by atoms with Crippen molar-refractivity contribution >= 4 is 61.7 Å². The van der Waals surface area contributed by atoms with E-state index >= 15 is 0 Å². The van der Waals surface area contributed by atoms with Crippen LogP contribution in [0.4, 0.5) is 0 Å². The minimum atomic E-state index is -3.83. The van der Waals surface area contributed by atoms with Crippen LogP contribution in [0, 0.1) is 0 Å². The number of rotatable bonds is 21. The van der Waals surface area contributed by atoms with Gasteiger partial charge in [0.2, 0.25) is 5.79 Å². The Labute approximate surface area is 314 Å². The Morgan fingerprint density at radius 3 is 1.54 bits per heavy atom. The Morgan fingerprint density at radius 1 is 0.700 bits per heavy atom. The molecule has 0 aromatic heterocycles. The molecule has 276 valence electrons. The minimum Gasteiger partial charge on any atom is -0.497 e. The number of alkyl halides is 4. The standard InChI is InChI=1S/C33H44Cl4N4O7P2/c1-44-29-12-13-31-30(26-29)33(27-8-4-2-5-9-27,28-10-6-3-7-11-28)48-32(47-31,14-24-45-49(38,42)40(20-16-34)21-17-35)15-25-46-50(39,43)41(22-18-36)23-19-37/h2-13,26H,14-25H2,1H3,(H2,38,42)(H2,39,43). The molecule has 1 aliphatic rings. The van der Waals surface area contributed by atoms with Gasteiger partial charge in [-0.2, -0.15) is 0 Å². The molecule has 50 heavy (non-hydrogen) atoms. The van der Waals surface area contributed by atoms with Crippen molar-refractivity contribution in [3.63, 3.8) is 0 Å². The molecule has 4 N–H and O–H groups in total. The summed E-state index contributed by atoms with van der Waals surface area (Å²) in [6.45, 7) is 0.515. The molecule has 1 heterocycles. The molecule has 0 bridgehead atoms. The van der Waals surface area contributed by atoms with E-state index in [9.17, 15) is 9.13 Å².